The van der Waals surface area contributed by atoms with E-state index in [4.69, 9.17) is 16.3 Å². The molecule has 0 unspecified atom stereocenters. The first-order chi connectivity index (χ1) is 12.5. The van der Waals surface area contributed by atoms with E-state index in [-0.39, 0.29) is 12.5 Å². The number of carbonyl (C=O) groups is 1. The number of halogens is 1. The van der Waals surface area contributed by atoms with Crippen LogP contribution in [0.4, 0.5) is 11.4 Å². The van der Waals surface area contributed by atoms with Gasteiger partial charge in [-0.15, -0.1) is 0 Å². The Morgan fingerprint density at radius 3 is 2.58 bits per heavy atom. The molecule has 1 heterocycles. The third-order valence-electron chi connectivity index (χ3n) is 4.62. The minimum absolute atomic E-state index is 0.0323. The Hall–Kier alpha value is -2.20. The second-order valence-electron chi connectivity index (χ2n) is 6.82. The summed E-state index contributed by atoms with van der Waals surface area (Å²) in [6, 6.07) is 11.6. The number of nitrogens with one attached hydrogen (secondary N) is 1. The summed E-state index contributed by atoms with van der Waals surface area (Å²) in [5, 5.41) is 3.51. The Morgan fingerprint density at radius 1 is 1.12 bits per heavy atom. The van der Waals surface area contributed by atoms with Crippen molar-refractivity contribution in [3.05, 3.63) is 52.5 Å². The number of carbonyl (C=O) groups excluding carboxylic acids is 1. The highest BCUT2D eigenvalue weighted by Crippen LogP contribution is 2.30. The third-order valence-corrected chi connectivity index (χ3v) is 4.92. The van der Waals surface area contributed by atoms with Gasteiger partial charge in [0.15, 0.2) is 6.61 Å². The van der Waals surface area contributed by atoms with Gasteiger partial charge in [-0.1, -0.05) is 29.3 Å². The zero-order chi connectivity index (χ0) is 18.5. The van der Waals surface area contributed by atoms with E-state index in [1.54, 1.807) is 6.07 Å². The molecular weight excluding hydrogens is 348 g/mol. The van der Waals surface area contributed by atoms with Gasteiger partial charge in [-0.2, -0.15) is 0 Å². The lowest BCUT2D eigenvalue weighted by Gasteiger charge is -2.29. The molecule has 0 radical (unpaired) electrons. The van der Waals surface area contributed by atoms with Crippen molar-refractivity contribution in [2.45, 2.75) is 33.1 Å². The first-order valence-corrected chi connectivity index (χ1v) is 9.45. The fraction of sp³-hybridized carbons (Fsp3) is 0.381. The highest BCUT2D eigenvalue weighted by Gasteiger charge is 2.14. The van der Waals surface area contributed by atoms with E-state index in [0.29, 0.717) is 10.7 Å². The number of nitrogens with zero attached hydrogens (tertiary/aromatic N) is 1. The Labute approximate surface area is 160 Å². The molecule has 0 spiro atoms. The molecule has 0 aromatic heterocycles. The maximum Gasteiger partial charge on any atom is 0.262 e. The maximum absolute atomic E-state index is 12.2. The lowest BCUT2D eigenvalue weighted by atomic mass is 10.1. The molecule has 1 fully saturated rings. The molecule has 1 aliphatic heterocycles. The molecule has 5 heteroatoms. The normalized spacial score (nSPS) is 14.2. The van der Waals surface area contributed by atoms with Gasteiger partial charge in [-0.05, 0) is 62.9 Å². The predicted molar refractivity (Wildman–Crippen MR) is 108 cm³/mol. The highest BCUT2D eigenvalue weighted by atomic mass is 35.5. The number of ether oxygens (including phenoxy) is 1. The molecule has 0 atom stereocenters. The fourth-order valence-electron chi connectivity index (χ4n) is 3.28. The van der Waals surface area contributed by atoms with Gasteiger partial charge in [0, 0.05) is 18.8 Å². The number of piperidine rings is 1. The van der Waals surface area contributed by atoms with Gasteiger partial charge in [-0.25, -0.2) is 0 Å². The van der Waals surface area contributed by atoms with Gasteiger partial charge in [0.1, 0.15) is 5.75 Å². The summed E-state index contributed by atoms with van der Waals surface area (Å²) in [4.78, 5) is 14.5. The quantitative estimate of drug-likeness (QED) is 0.806. The smallest absolute Gasteiger partial charge is 0.262 e. The summed E-state index contributed by atoms with van der Waals surface area (Å²) in [6.45, 7) is 6.04. The molecule has 138 valence electrons. The summed E-state index contributed by atoms with van der Waals surface area (Å²) >= 11 is 6.43. The van der Waals surface area contributed by atoms with Gasteiger partial charge < -0.3 is 15.0 Å². The van der Waals surface area contributed by atoms with Gasteiger partial charge in [0.05, 0.1) is 10.7 Å². The van der Waals surface area contributed by atoms with Crippen LogP contribution in [0.1, 0.15) is 30.4 Å². The molecule has 2 aromatic rings. The van der Waals surface area contributed by atoms with E-state index in [0.717, 1.165) is 30.1 Å². The number of anilines is 2. The molecule has 0 aliphatic carbocycles. The SMILES string of the molecule is Cc1ccc(OCC(=O)Nc2ccc(N3CCCCC3)c(Cl)c2)c(C)c1. The summed E-state index contributed by atoms with van der Waals surface area (Å²) in [5.74, 6) is 0.524. The van der Waals surface area contributed by atoms with Crippen LogP contribution in [-0.4, -0.2) is 25.6 Å². The van der Waals surface area contributed by atoms with Gasteiger partial charge in [0.25, 0.3) is 5.91 Å². The largest absolute Gasteiger partial charge is 0.483 e. The van der Waals surface area contributed by atoms with Crippen LogP contribution in [0.15, 0.2) is 36.4 Å². The second kappa shape index (κ2) is 8.45. The van der Waals surface area contributed by atoms with Crippen molar-refractivity contribution in [2.24, 2.45) is 0 Å². The average Bonchev–Trinajstić information content (AvgIpc) is 2.62. The number of hydrogen-bond donors (Lipinski definition) is 1. The number of aryl methyl sites for hydroxylation is 2. The molecule has 1 amide bonds. The van der Waals surface area contributed by atoms with Crippen molar-refractivity contribution in [3.8, 4) is 5.75 Å². The number of amides is 1. The lowest BCUT2D eigenvalue weighted by molar-refractivity contribution is -0.118. The molecular formula is C21H25ClN2O2. The van der Waals surface area contributed by atoms with E-state index in [2.05, 4.69) is 10.2 Å². The van der Waals surface area contributed by atoms with E-state index in [1.807, 2.05) is 44.2 Å². The van der Waals surface area contributed by atoms with Crippen LogP contribution in [-0.2, 0) is 4.79 Å². The Bertz CT molecular complexity index is 786. The predicted octanol–water partition coefficient (Wildman–Crippen LogP) is 4.96. The summed E-state index contributed by atoms with van der Waals surface area (Å²) in [6.07, 6.45) is 3.68. The lowest BCUT2D eigenvalue weighted by Crippen LogP contribution is -2.29. The Kier molecular flexibility index (Phi) is 6.04. The molecule has 1 aliphatic rings. The zero-order valence-electron chi connectivity index (χ0n) is 15.3. The van der Waals surface area contributed by atoms with Gasteiger partial charge in [0.2, 0.25) is 0 Å². The molecule has 26 heavy (non-hydrogen) atoms. The Morgan fingerprint density at radius 2 is 1.88 bits per heavy atom. The van der Waals surface area contributed by atoms with Crippen molar-refractivity contribution in [2.75, 3.05) is 29.9 Å². The molecule has 0 saturated carbocycles. The number of rotatable bonds is 5. The first kappa shape index (κ1) is 18.6. The maximum atomic E-state index is 12.2. The molecule has 2 aromatic carbocycles. The fourth-order valence-corrected chi connectivity index (χ4v) is 3.58. The Balaban J connectivity index is 1.57. The summed E-state index contributed by atoms with van der Waals surface area (Å²) < 4.78 is 5.62. The van der Waals surface area contributed by atoms with E-state index < -0.39 is 0 Å². The molecule has 4 nitrogen and oxygen atoms in total. The summed E-state index contributed by atoms with van der Waals surface area (Å²) in [7, 11) is 0. The van der Waals surface area contributed by atoms with Crippen molar-refractivity contribution in [1.82, 2.24) is 0 Å². The van der Waals surface area contributed by atoms with Crippen molar-refractivity contribution >= 4 is 28.9 Å². The van der Waals surface area contributed by atoms with Crippen molar-refractivity contribution in [1.29, 1.82) is 0 Å². The van der Waals surface area contributed by atoms with E-state index >= 15 is 0 Å². The summed E-state index contributed by atoms with van der Waals surface area (Å²) in [5.41, 5.74) is 3.91. The monoisotopic (exact) mass is 372 g/mol. The minimum atomic E-state index is -0.202. The van der Waals surface area contributed by atoms with Crippen LogP contribution in [0.25, 0.3) is 0 Å². The number of hydrogen-bond acceptors (Lipinski definition) is 3. The number of benzene rings is 2. The van der Waals surface area contributed by atoms with Crippen LogP contribution < -0.4 is 15.0 Å². The molecule has 1 saturated heterocycles. The van der Waals surface area contributed by atoms with Crippen molar-refractivity contribution < 1.29 is 9.53 Å². The second-order valence-corrected chi connectivity index (χ2v) is 7.23. The van der Waals surface area contributed by atoms with E-state index in [9.17, 15) is 4.79 Å². The van der Waals surface area contributed by atoms with Crippen LogP contribution >= 0.6 is 11.6 Å². The minimum Gasteiger partial charge on any atom is -0.483 e. The molecule has 0 bridgehead atoms. The molecule has 3 rings (SSSR count). The third kappa shape index (κ3) is 4.70. The topological polar surface area (TPSA) is 41.6 Å². The first-order valence-electron chi connectivity index (χ1n) is 9.07. The van der Waals surface area contributed by atoms with Crippen LogP contribution in [0, 0.1) is 13.8 Å². The van der Waals surface area contributed by atoms with Crippen LogP contribution in [0.2, 0.25) is 5.02 Å². The van der Waals surface area contributed by atoms with Crippen LogP contribution in [0.3, 0.4) is 0 Å². The van der Waals surface area contributed by atoms with E-state index in [1.165, 1.54) is 24.8 Å². The average molecular weight is 373 g/mol. The van der Waals surface area contributed by atoms with Gasteiger partial charge >= 0.3 is 0 Å². The van der Waals surface area contributed by atoms with Crippen molar-refractivity contribution in [3.63, 3.8) is 0 Å². The standard InChI is InChI=1S/C21H25ClN2O2/c1-15-6-9-20(16(2)12-15)26-14-21(25)23-17-7-8-19(18(22)13-17)24-10-4-3-5-11-24/h6-9,12-13H,3-5,10-11,14H2,1-2H3,(H,23,25). The van der Waals surface area contributed by atoms with Crippen LogP contribution in [0.5, 0.6) is 5.75 Å². The highest BCUT2D eigenvalue weighted by molar-refractivity contribution is 6.33. The molecule has 1 N–H and O–H groups in total. The zero-order valence-corrected chi connectivity index (χ0v) is 16.1. The van der Waals surface area contributed by atoms with Gasteiger partial charge in [-0.3, -0.25) is 4.79 Å².